The molecule has 8 heteroatoms. The molecule has 1 N–H and O–H groups in total. The van der Waals surface area contributed by atoms with Gasteiger partial charge in [0, 0.05) is 65.3 Å². The van der Waals surface area contributed by atoms with E-state index >= 15 is 0 Å². The van der Waals surface area contributed by atoms with Crippen LogP contribution >= 0.6 is 0 Å². The lowest BCUT2D eigenvalue weighted by Crippen LogP contribution is -2.28. The molecule has 0 unspecified atom stereocenters. The number of fused-ring (bicyclic) bond motifs is 1. The molecule has 1 aliphatic heterocycles. The molecule has 1 aromatic carbocycles. The van der Waals surface area contributed by atoms with Crippen molar-refractivity contribution in [1.82, 2.24) is 25.0 Å². The second kappa shape index (κ2) is 10.3. The van der Waals surface area contributed by atoms with Crippen LogP contribution in [0.5, 0.6) is 0 Å². The van der Waals surface area contributed by atoms with Crippen molar-refractivity contribution in [2.75, 3.05) is 45.2 Å². The monoisotopic (exact) mass is 434 g/mol. The highest BCUT2D eigenvalue weighted by Crippen LogP contribution is 2.14. The van der Waals surface area contributed by atoms with Gasteiger partial charge in [0.15, 0.2) is 5.76 Å². The molecule has 0 aliphatic carbocycles. The number of anilines is 1. The summed E-state index contributed by atoms with van der Waals surface area (Å²) < 4.78 is 7.32. The molecule has 1 aliphatic rings. The molecule has 0 bridgehead atoms. The fourth-order valence-corrected chi connectivity index (χ4v) is 3.80. The third-order valence-corrected chi connectivity index (χ3v) is 5.66. The van der Waals surface area contributed by atoms with E-state index in [-0.39, 0.29) is 5.91 Å². The van der Waals surface area contributed by atoms with Crippen LogP contribution in [0.15, 0.2) is 53.2 Å². The summed E-state index contributed by atoms with van der Waals surface area (Å²) in [5.41, 5.74) is 2.41. The summed E-state index contributed by atoms with van der Waals surface area (Å²) in [6.45, 7) is 4.16. The molecule has 0 atom stereocenters. The van der Waals surface area contributed by atoms with Crippen LogP contribution in [-0.2, 0) is 19.4 Å². The standard InChI is InChI=1S/C24H30N6O2/c1-28(2)20-9-7-19(8-10-20)5-3-14-29-15-12-23-27-26-22(30(23)17-16-29)11-13-25-24(31)21-6-4-18-32-21/h3-10,18H,11-17H2,1-2H3,(H,25,31)/b5-3+. The maximum Gasteiger partial charge on any atom is 0.286 e. The second-order valence-corrected chi connectivity index (χ2v) is 8.11. The molecule has 0 saturated heterocycles. The van der Waals surface area contributed by atoms with Crippen molar-refractivity contribution in [1.29, 1.82) is 0 Å². The van der Waals surface area contributed by atoms with Crippen molar-refractivity contribution in [2.45, 2.75) is 19.4 Å². The first kappa shape index (κ1) is 21.8. The van der Waals surface area contributed by atoms with Gasteiger partial charge in [0.25, 0.3) is 5.91 Å². The molecule has 1 amide bonds. The van der Waals surface area contributed by atoms with E-state index in [9.17, 15) is 4.79 Å². The number of carbonyl (C=O) groups is 1. The first-order valence-electron chi connectivity index (χ1n) is 11.0. The normalized spacial score (nSPS) is 14.3. The number of hydrogen-bond donors (Lipinski definition) is 1. The molecule has 32 heavy (non-hydrogen) atoms. The van der Waals surface area contributed by atoms with Gasteiger partial charge < -0.3 is 19.2 Å². The van der Waals surface area contributed by atoms with Crippen molar-refractivity contribution < 1.29 is 9.21 Å². The van der Waals surface area contributed by atoms with Gasteiger partial charge >= 0.3 is 0 Å². The lowest BCUT2D eigenvalue weighted by Gasteiger charge is -2.17. The average molecular weight is 435 g/mol. The maximum atomic E-state index is 12.0. The van der Waals surface area contributed by atoms with Crippen LogP contribution in [0.25, 0.3) is 6.08 Å². The minimum Gasteiger partial charge on any atom is -0.459 e. The van der Waals surface area contributed by atoms with E-state index in [0.29, 0.717) is 18.7 Å². The third kappa shape index (κ3) is 5.45. The Labute approximate surface area is 188 Å². The summed E-state index contributed by atoms with van der Waals surface area (Å²) in [6, 6.07) is 11.9. The Kier molecular flexibility index (Phi) is 7.01. The fraction of sp³-hybridized carbons (Fsp3) is 0.375. The molecular formula is C24H30N6O2. The predicted molar refractivity (Wildman–Crippen MR) is 125 cm³/mol. The van der Waals surface area contributed by atoms with Crippen LogP contribution in [0.1, 0.15) is 27.8 Å². The summed E-state index contributed by atoms with van der Waals surface area (Å²) in [5, 5.41) is 11.6. The highest BCUT2D eigenvalue weighted by Gasteiger charge is 2.18. The van der Waals surface area contributed by atoms with Crippen molar-refractivity contribution in [3.05, 3.63) is 71.7 Å². The van der Waals surface area contributed by atoms with E-state index in [1.807, 2.05) is 14.1 Å². The van der Waals surface area contributed by atoms with Crippen molar-refractivity contribution in [3.8, 4) is 0 Å². The molecule has 3 heterocycles. The second-order valence-electron chi connectivity index (χ2n) is 8.11. The summed E-state index contributed by atoms with van der Waals surface area (Å²) >= 11 is 0. The van der Waals surface area contributed by atoms with Gasteiger partial charge in [0.2, 0.25) is 0 Å². The summed E-state index contributed by atoms with van der Waals surface area (Å²) in [5.74, 6) is 2.04. The summed E-state index contributed by atoms with van der Waals surface area (Å²) in [7, 11) is 4.10. The van der Waals surface area contributed by atoms with Crippen LogP contribution in [0.4, 0.5) is 5.69 Å². The fourth-order valence-electron chi connectivity index (χ4n) is 3.80. The smallest absolute Gasteiger partial charge is 0.286 e. The van der Waals surface area contributed by atoms with Crippen LogP contribution in [0.2, 0.25) is 0 Å². The van der Waals surface area contributed by atoms with Gasteiger partial charge in [-0.15, -0.1) is 10.2 Å². The van der Waals surface area contributed by atoms with Crippen molar-refractivity contribution >= 4 is 17.7 Å². The first-order chi connectivity index (χ1) is 15.6. The third-order valence-electron chi connectivity index (χ3n) is 5.66. The molecule has 0 spiro atoms. The van der Waals surface area contributed by atoms with Crippen LogP contribution in [0.3, 0.4) is 0 Å². The molecule has 0 fully saturated rings. The zero-order valence-electron chi connectivity index (χ0n) is 18.7. The van der Waals surface area contributed by atoms with Gasteiger partial charge in [-0.05, 0) is 29.8 Å². The lowest BCUT2D eigenvalue weighted by molar-refractivity contribution is 0.0926. The summed E-state index contributed by atoms with van der Waals surface area (Å²) in [6.07, 6.45) is 7.41. The number of nitrogens with zero attached hydrogens (tertiary/aromatic N) is 5. The zero-order chi connectivity index (χ0) is 22.3. The molecule has 3 aromatic rings. The Bertz CT molecular complexity index is 1040. The van der Waals surface area contributed by atoms with Gasteiger partial charge in [-0.2, -0.15) is 0 Å². The van der Waals surface area contributed by atoms with Crippen LogP contribution < -0.4 is 10.2 Å². The van der Waals surface area contributed by atoms with E-state index in [2.05, 4.69) is 66.3 Å². The SMILES string of the molecule is CN(C)c1ccc(/C=C/CN2CCc3nnc(CCNC(=O)c4ccco4)n3CC2)cc1. The Morgan fingerprint density at radius 1 is 1.16 bits per heavy atom. The van der Waals surface area contributed by atoms with E-state index in [1.54, 1.807) is 12.1 Å². The van der Waals surface area contributed by atoms with Gasteiger partial charge in [0.05, 0.1) is 6.26 Å². The van der Waals surface area contributed by atoms with E-state index in [0.717, 1.165) is 44.2 Å². The molecule has 2 aromatic heterocycles. The topological polar surface area (TPSA) is 79.4 Å². The Balaban J connectivity index is 1.26. The minimum atomic E-state index is -0.208. The van der Waals surface area contributed by atoms with Crippen LogP contribution in [-0.4, -0.2) is 65.8 Å². The minimum absolute atomic E-state index is 0.208. The number of nitrogens with one attached hydrogen (secondary N) is 1. The number of rotatable bonds is 8. The molecule has 0 saturated carbocycles. The van der Waals surface area contributed by atoms with Gasteiger partial charge in [0.1, 0.15) is 11.6 Å². The van der Waals surface area contributed by atoms with Crippen molar-refractivity contribution in [3.63, 3.8) is 0 Å². The lowest BCUT2D eigenvalue weighted by atomic mass is 10.2. The largest absolute Gasteiger partial charge is 0.459 e. The Hall–Kier alpha value is -3.39. The van der Waals surface area contributed by atoms with Crippen molar-refractivity contribution in [2.24, 2.45) is 0 Å². The highest BCUT2D eigenvalue weighted by atomic mass is 16.3. The molecule has 4 rings (SSSR count). The Morgan fingerprint density at radius 3 is 2.75 bits per heavy atom. The molecule has 168 valence electrons. The number of aromatic nitrogens is 3. The van der Waals surface area contributed by atoms with E-state index < -0.39 is 0 Å². The van der Waals surface area contributed by atoms with E-state index in [1.165, 1.54) is 17.5 Å². The van der Waals surface area contributed by atoms with Gasteiger partial charge in [-0.25, -0.2) is 0 Å². The number of carbonyl (C=O) groups excluding carboxylic acids is 1. The first-order valence-corrected chi connectivity index (χ1v) is 11.0. The number of benzene rings is 1. The van der Waals surface area contributed by atoms with Crippen LogP contribution in [0, 0.1) is 0 Å². The molecular weight excluding hydrogens is 404 g/mol. The van der Waals surface area contributed by atoms with Gasteiger partial charge in [-0.1, -0.05) is 24.3 Å². The Morgan fingerprint density at radius 2 is 2.00 bits per heavy atom. The maximum absolute atomic E-state index is 12.0. The summed E-state index contributed by atoms with van der Waals surface area (Å²) in [4.78, 5) is 16.5. The van der Waals surface area contributed by atoms with E-state index in [4.69, 9.17) is 4.42 Å². The number of furan rings is 1. The quantitative estimate of drug-likeness (QED) is 0.587. The highest BCUT2D eigenvalue weighted by molar-refractivity contribution is 5.91. The number of amides is 1. The zero-order valence-corrected chi connectivity index (χ0v) is 18.7. The predicted octanol–water partition coefficient (Wildman–Crippen LogP) is 2.48. The van der Waals surface area contributed by atoms with Gasteiger partial charge in [-0.3, -0.25) is 9.69 Å². The molecule has 0 radical (unpaired) electrons. The average Bonchev–Trinajstić information content (AvgIpc) is 3.42. The molecule has 8 nitrogen and oxygen atoms in total. The number of hydrogen-bond acceptors (Lipinski definition) is 6.